The van der Waals surface area contributed by atoms with Crippen molar-refractivity contribution in [3.8, 4) is 0 Å². The zero-order chi connectivity index (χ0) is 28.7. The van der Waals surface area contributed by atoms with Gasteiger partial charge in [0.1, 0.15) is 6.54 Å². The molecule has 3 rings (SSSR count). The van der Waals surface area contributed by atoms with Crippen molar-refractivity contribution >= 4 is 29.5 Å². The van der Waals surface area contributed by atoms with Crippen LogP contribution in [0, 0.1) is 5.92 Å². The first-order chi connectivity index (χ1) is 18.6. The molecule has 1 aromatic carbocycles. The van der Waals surface area contributed by atoms with E-state index < -0.39 is 48.0 Å². The molecule has 12 heteroatoms. The quantitative estimate of drug-likeness (QED) is 0.143. The van der Waals surface area contributed by atoms with Crippen LogP contribution in [-0.4, -0.2) is 103 Å². The van der Waals surface area contributed by atoms with Gasteiger partial charge in [-0.2, -0.15) is 0 Å². The summed E-state index contributed by atoms with van der Waals surface area (Å²) in [5.74, 6) is -4.30. The second kappa shape index (κ2) is 12.8. The molecule has 2 aliphatic rings. The van der Waals surface area contributed by atoms with Gasteiger partial charge in [0.2, 0.25) is 17.7 Å². The molecule has 1 aromatic rings. The fraction of sp³-hybridized carbons (Fsp3) is 0.444. The van der Waals surface area contributed by atoms with E-state index in [2.05, 4.69) is 0 Å². The summed E-state index contributed by atoms with van der Waals surface area (Å²) in [6, 6.07) is 4.48. The Bertz CT molecular complexity index is 1170. The summed E-state index contributed by atoms with van der Waals surface area (Å²) in [5.41, 5.74) is 11.9. The van der Waals surface area contributed by atoms with Crippen molar-refractivity contribution in [2.45, 2.75) is 30.5 Å². The minimum Gasteiger partial charge on any atom is -0.480 e. The Morgan fingerprint density at radius 3 is 2.38 bits per heavy atom. The monoisotopic (exact) mass is 542 g/mol. The van der Waals surface area contributed by atoms with Crippen LogP contribution < -0.4 is 11.5 Å². The molecule has 1 fully saturated rings. The fourth-order valence-corrected chi connectivity index (χ4v) is 4.79. The third-order valence-corrected chi connectivity index (χ3v) is 6.90. The maximum Gasteiger partial charge on any atom is 0.338 e. The van der Waals surface area contributed by atoms with Gasteiger partial charge in [-0.1, -0.05) is 36.4 Å². The van der Waals surface area contributed by atoms with Crippen molar-refractivity contribution in [1.82, 2.24) is 9.80 Å². The Kier molecular flexibility index (Phi) is 9.73. The van der Waals surface area contributed by atoms with E-state index in [0.717, 1.165) is 22.5 Å². The third kappa shape index (κ3) is 6.41. The first kappa shape index (κ1) is 29.7. The number of aliphatic carboxylic acids is 1. The van der Waals surface area contributed by atoms with E-state index in [4.69, 9.17) is 26.0 Å². The van der Waals surface area contributed by atoms with Crippen LogP contribution in [0.5, 0.6) is 0 Å². The van der Waals surface area contributed by atoms with Gasteiger partial charge in [-0.15, -0.1) is 0 Å². The second-order valence-electron chi connectivity index (χ2n) is 9.36. The van der Waals surface area contributed by atoms with Gasteiger partial charge in [0, 0.05) is 25.8 Å². The molecule has 2 atom stereocenters. The molecule has 210 valence electrons. The highest BCUT2D eigenvalue weighted by Crippen LogP contribution is 2.30. The van der Waals surface area contributed by atoms with Crippen LogP contribution in [0.3, 0.4) is 0 Å². The van der Waals surface area contributed by atoms with Gasteiger partial charge in [-0.25, -0.2) is 4.79 Å². The van der Waals surface area contributed by atoms with Crippen LogP contribution in [0.1, 0.15) is 22.3 Å². The molecule has 0 saturated carbocycles. The number of amides is 2. The number of piperazine rings is 1. The summed E-state index contributed by atoms with van der Waals surface area (Å²) in [6.45, 7) is -0.356. The van der Waals surface area contributed by atoms with E-state index in [-0.39, 0.29) is 31.2 Å². The van der Waals surface area contributed by atoms with Crippen molar-refractivity contribution in [2.24, 2.45) is 17.4 Å². The van der Waals surface area contributed by atoms with Crippen molar-refractivity contribution in [3.63, 3.8) is 0 Å². The number of hydrogen-bond donors (Lipinski definition) is 3. The number of ketones is 1. The molecule has 12 nitrogen and oxygen atoms in total. The van der Waals surface area contributed by atoms with Crippen molar-refractivity contribution in [3.05, 3.63) is 59.7 Å². The lowest BCUT2D eigenvalue weighted by molar-refractivity contribution is -0.167. The smallest absolute Gasteiger partial charge is 0.338 e. The Morgan fingerprint density at radius 2 is 1.79 bits per heavy atom. The Hall–Kier alpha value is -3.87. The van der Waals surface area contributed by atoms with Crippen LogP contribution in [0.4, 0.5) is 0 Å². The summed E-state index contributed by atoms with van der Waals surface area (Å²) < 4.78 is 10.3. The van der Waals surface area contributed by atoms with Gasteiger partial charge >= 0.3 is 11.9 Å². The molecule has 0 unspecified atom stereocenters. The van der Waals surface area contributed by atoms with Crippen LogP contribution >= 0.6 is 0 Å². The summed E-state index contributed by atoms with van der Waals surface area (Å²) in [6.07, 6.45) is 7.38. The number of hydrogen-bond acceptors (Lipinski definition) is 9. The lowest BCUT2D eigenvalue weighted by Gasteiger charge is -2.39. The number of ether oxygens (including phenoxy) is 2. The summed E-state index contributed by atoms with van der Waals surface area (Å²) in [5, 5.41) is 9.04. The molecular weight excluding hydrogens is 508 g/mol. The summed E-state index contributed by atoms with van der Waals surface area (Å²) in [4.78, 5) is 64.9. The van der Waals surface area contributed by atoms with Gasteiger partial charge in [0.15, 0.2) is 5.60 Å². The predicted octanol–water partition coefficient (Wildman–Crippen LogP) is -0.488. The highest BCUT2D eigenvalue weighted by Gasteiger charge is 2.45. The second-order valence-corrected chi connectivity index (χ2v) is 9.36. The van der Waals surface area contributed by atoms with Crippen molar-refractivity contribution in [2.75, 3.05) is 40.4 Å². The van der Waals surface area contributed by atoms with E-state index in [1.54, 1.807) is 36.4 Å². The topological polar surface area (TPSA) is 183 Å². The maximum absolute atomic E-state index is 13.5. The average Bonchev–Trinajstić information content (AvgIpc) is 2.93. The lowest BCUT2D eigenvalue weighted by atomic mass is 9.82. The van der Waals surface area contributed by atoms with E-state index in [1.807, 2.05) is 12.1 Å². The number of Topliss-reactive ketones (excluding diaryl/α,β-unsaturated/α-hetero) is 1. The fourth-order valence-electron chi connectivity index (χ4n) is 4.79. The predicted molar refractivity (Wildman–Crippen MR) is 139 cm³/mol. The molecule has 1 aliphatic carbocycles. The third-order valence-electron chi connectivity index (χ3n) is 6.90. The lowest BCUT2D eigenvalue weighted by Crippen LogP contribution is -2.64. The highest BCUT2D eigenvalue weighted by molar-refractivity contribution is 6.07. The van der Waals surface area contributed by atoms with Crippen LogP contribution in [0.15, 0.2) is 48.6 Å². The molecule has 1 saturated heterocycles. The van der Waals surface area contributed by atoms with Crippen LogP contribution in [0.2, 0.25) is 0 Å². The molecule has 0 spiro atoms. The first-order valence-corrected chi connectivity index (χ1v) is 12.5. The average molecular weight is 543 g/mol. The van der Waals surface area contributed by atoms with Gasteiger partial charge in [0.05, 0.1) is 13.2 Å². The van der Waals surface area contributed by atoms with E-state index in [9.17, 15) is 24.0 Å². The number of carboxylic acids is 1. The number of nitrogens with two attached hydrogens (primary N) is 2. The molecule has 1 heterocycles. The molecule has 2 amide bonds. The van der Waals surface area contributed by atoms with Crippen molar-refractivity contribution < 1.29 is 38.6 Å². The number of rotatable bonds is 11. The number of nitrogens with zero attached hydrogens (tertiary/aromatic N) is 2. The molecule has 1 aliphatic heterocycles. The van der Waals surface area contributed by atoms with Gasteiger partial charge in [0.25, 0.3) is 5.91 Å². The molecule has 5 N–H and O–H groups in total. The Balaban J connectivity index is 1.73. The Labute approximate surface area is 226 Å². The van der Waals surface area contributed by atoms with Crippen molar-refractivity contribution in [1.29, 1.82) is 0 Å². The number of benzene rings is 1. The SMILES string of the molecule is COC(=O)[C@@H]1C(=O)N(CC(=O)O)CCN1C(=O)[C@@H](N)CC1C=CC(OC)(C(=O)c2ccccc2CCN)C=C1. The molecule has 39 heavy (non-hydrogen) atoms. The normalized spacial score (nSPS) is 23.4. The van der Waals surface area contributed by atoms with Gasteiger partial charge in [-0.05, 0) is 43.0 Å². The summed E-state index contributed by atoms with van der Waals surface area (Å²) >= 11 is 0. The zero-order valence-electron chi connectivity index (χ0n) is 21.9. The van der Waals surface area contributed by atoms with Crippen LogP contribution in [0.25, 0.3) is 0 Å². The molecular formula is C27H34N4O8. The first-order valence-electron chi connectivity index (χ1n) is 12.5. The number of methoxy groups -OCH3 is 2. The van der Waals surface area contributed by atoms with E-state index in [0.29, 0.717) is 18.5 Å². The number of carboxylic acid groups (broad SMARTS) is 1. The van der Waals surface area contributed by atoms with Gasteiger partial charge in [-0.3, -0.25) is 19.2 Å². The summed E-state index contributed by atoms with van der Waals surface area (Å²) in [7, 11) is 2.51. The molecule has 0 aromatic heterocycles. The maximum atomic E-state index is 13.5. The van der Waals surface area contributed by atoms with E-state index in [1.165, 1.54) is 7.11 Å². The standard InChI is InChI=1S/C27H34N4O8/c1-38-26(37)22-25(36)30(16-21(32)33)13-14-31(22)24(35)20(29)15-17-7-10-27(39-2,11-8-17)23(34)19-6-4-3-5-18(19)9-12-28/h3-8,10-11,17,20,22H,9,12-16,28-29H2,1-2H3,(H,32,33)/t17?,20-,22-,27?/m0/s1. The number of esters is 1. The minimum atomic E-state index is -1.62. The number of carbonyl (C=O) groups is 5. The zero-order valence-corrected chi connectivity index (χ0v) is 21.9. The molecule has 0 bridgehead atoms. The van der Waals surface area contributed by atoms with Gasteiger partial charge < -0.3 is 35.8 Å². The molecule has 0 radical (unpaired) electrons. The number of allylic oxidation sites excluding steroid dienone is 2. The minimum absolute atomic E-state index is 0.0651. The Morgan fingerprint density at radius 1 is 1.13 bits per heavy atom. The largest absolute Gasteiger partial charge is 0.480 e. The van der Waals surface area contributed by atoms with E-state index >= 15 is 0 Å². The van der Waals surface area contributed by atoms with Crippen LogP contribution in [-0.2, 0) is 35.1 Å². The highest BCUT2D eigenvalue weighted by atomic mass is 16.5. The number of carbonyl (C=O) groups excluding carboxylic acids is 4.